The number of aromatic nitrogens is 2. The number of aryl methyl sites for hydroxylation is 1. The van der Waals surface area contributed by atoms with Crippen molar-refractivity contribution < 1.29 is 0 Å². The lowest BCUT2D eigenvalue weighted by Crippen LogP contribution is -2.35. The van der Waals surface area contributed by atoms with E-state index in [0.29, 0.717) is 11.9 Å². The van der Waals surface area contributed by atoms with Crippen LogP contribution in [0.5, 0.6) is 0 Å². The first-order chi connectivity index (χ1) is 9.19. The molecule has 2 heterocycles. The van der Waals surface area contributed by atoms with Crippen LogP contribution in [0.2, 0.25) is 0 Å². The molecule has 106 valence electrons. The standard InChI is InChI=1S/C14H25N5/c1-3-6-13-17-12(15)9-14(18-13)16-10-11(2)19-7-4-5-8-19/h9,11H,3-8,10H2,1-2H3,(H3,15,16,17,18). The highest BCUT2D eigenvalue weighted by molar-refractivity contribution is 5.44. The van der Waals surface area contributed by atoms with Crippen molar-refractivity contribution in [3.8, 4) is 0 Å². The lowest BCUT2D eigenvalue weighted by atomic mass is 10.3. The van der Waals surface area contributed by atoms with Crippen molar-refractivity contribution in [3.63, 3.8) is 0 Å². The van der Waals surface area contributed by atoms with E-state index in [2.05, 4.69) is 34.0 Å². The van der Waals surface area contributed by atoms with Gasteiger partial charge in [0, 0.05) is 25.1 Å². The molecule has 0 aromatic carbocycles. The van der Waals surface area contributed by atoms with Crippen LogP contribution in [0.4, 0.5) is 11.6 Å². The summed E-state index contributed by atoms with van der Waals surface area (Å²) < 4.78 is 0. The van der Waals surface area contributed by atoms with Crippen molar-refractivity contribution in [2.24, 2.45) is 0 Å². The Hall–Kier alpha value is -1.36. The molecule has 0 spiro atoms. The minimum atomic E-state index is 0.535. The van der Waals surface area contributed by atoms with E-state index in [4.69, 9.17) is 5.73 Å². The average Bonchev–Trinajstić information content (AvgIpc) is 2.89. The van der Waals surface area contributed by atoms with Crippen molar-refractivity contribution in [3.05, 3.63) is 11.9 Å². The van der Waals surface area contributed by atoms with Gasteiger partial charge in [0.25, 0.3) is 0 Å². The Labute approximate surface area is 115 Å². The van der Waals surface area contributed by atoms with Gasteiger partial charge >= 0.3 is 0 Å². The molecule has 0 amide bonds. The number of anilines is 2. The maximum absolute atomic E-state index is 5.82. The Morgan fingerprint density at radius 2 is 2.11 bits per heavy atom. The monoisotopic (exact) mass is 263 g/mol. The van der Waals surface area contributed by atoms with Gasteiger partial charge in [-0.3, -0.25) is 4.90 Å². The minimum Gasteiger partial charge on any atom is -0.384 e. The number of nitrogens with zero attached hydrogens (tertiary/aromatic N) is 3. The molecular weight excluding hydrogens is 238 g/mol. The van der Waals surface area contributed by atoms with E-state index in [-0.39, 0.29) is 0 Å². The van der Waals surface area contributed by atoms with E-state index < -0.39 is 0 Å². The first kappa shape index (κ1) is 14.1. The molecule has 0 bridgehead atoms. The van der Waals surface area contributed by atoms with Gasteiger partial charge in [0.05, 0.1) is 0 Å². The van der Waals surface area contributed by atoms with E-state index in [0.717, 1.165) is 31.0 Å². The molecule has 0 radical (unpaired) electrons. The van der Waals surface area contributed by atoms with Gasteiger partial charge in [0.1, 0.15) is 17.5 Å². The highest BCUT2D eigenvalue weighted by atomic mass is 15.2. The van der Waals surface area contributed by atoms with Gasteiger partial charge in [-0.2, -0.15) is 0 Å². The third-order valence-electron chi connectivity index (χ3n) is 3.61. The van der Waals surface area contributed by atoms with Crippen LogP contribution < -0.4 is 11.1 Å². The quantitative estimate of drug-likeness (QED) is 0.820. The summed E-state index contributed by atoms with van der Waals surface area (Å²) in [5.74, 6) is 2.23. The van der Waals surface area contributed by atoms with Gasteiger partial charge in [0.2, 0.25) is 0 Å². The van der Waals surface area contributed by atoms with Crippen LogP contribution in [0, 0.1) is 0 Å². The molecule has 1 unspecified atom stereocenters. The summed E-state index contributed by atoms with van der Waals surface area (Å²) in [6.45, 7) is 7.72. The molecule has 1 aliphatic rings. The van der Waals surface area contributed by atoms with Gasteiger partial charge in [-0.15, -0.1) is 0 Å². The highest BCUT2D eigenvalue weighted by Gasteiger charge is 2.17. The Morgan fingerprint density at radius 3 is 2.79 bits per heavy atom. The molecule has 1 fully saturated rings. The fourth-order valence-corrected chi connectivity index (χ4v) is 2.51. The second-order valence-corrected chi connectivity index (χ2v) is 5.32. The molecule has 1 aromatic rings. The van der Waals surface area contributed by atoms with E-state index >= 15 is 0 Å². The number of rotatable bonds is 6. The summed E-state index contributed by atoms with van der Waals surface area (Å²) in [5.41, 5.74) is 5.82. The zero-order valence-electron chi connectivity index (χ0n) is 12.0. The molecule has 2 rings (SSSR count). The first-order valence-electron chi connectivity index (χ1n) is 7.30. The molecule has 0 aliphatic carbocycles. The minimum absolute atomic E-state index is 0.535. The average molecular weight is 263 g/mol. The third-order valence-corrected chi connectivity index (χ3v) is 3.61. The lowest BCUT2D eigenvalue weighted by Gasteiger charge is -2.24. The number of nitrogens with one attached hydrogen (secondary N) is 1. The second-order valence-electron chi connectivity index (χ2n) is 5.32. The molecule has 1 atom stereocenters. The number of hydrogen-bond acceptors (Lipinski definition) is 5. The Morgan fingerprint density at radius 1 is 1.37 bits per heavy atom. The van der Waals surface area contributed by atoms with E-state index in [1.807, 2.05) is 6.07 Å². The Bertz CT molecular complexity index is 401. The summed E-state index contributed by atoms with van der Waals surface area (Å²) in [7, 11) is 0. The van der Waals surface area contributed by atoms with E-state index in [1.54, 1.807) is 0 Å². The molecule has 19 heavy (non-hydrogen) atoms. The van der Waals surface area contributed by atoms with Crippen LogP contribution in [0.1, 0.15) is 38.9 Å². The number of nitrogen functional groups attached to an aromatic ring is 1. The number of nitrogens with two attached hydrogens (primary N) is 1. The van der Waals surface area contributed by atoms with Crippen molar-refractivity contribution in [1.29, 1.82) is 0 Å². The molecule has 1 aromatic heterocycles. The van der Waals surface area contributed by atoms with Crippen molar-refractivity contribution in [2.75, 3.05) is 30.7 Å². The molecular formula is C14H25N5. The molecule has 1 aliphatic heterocycles. The third kappa shape index (κ3) is 4.06. The predicted molar refractivity (Wildman–Crippen MR) is 79.2 cm³/mol. The molecule has 3 N–H and O–H groups in total. The maximum atomic E-state index is 5.82. The second kappa shape index (κ2) is 6.70. The topological polar surface area (TPSA) is 67.1 Å². The van der Waals surface area contributed by atoms with Crippen molar-refractivity contribution in [2.45, 2.75) is 45.6 Å². The molecule has 0 saturated carbocycles. The van der Waals surface area contributed by atoms with Crippen LogP contribution in [-0.2, 0) is 6.42 Å². The lowest BCUT2D eigenvalue weighted by molar-refractivity contribution is 0.269. The van der Waals surface area contributed by atoms with Crippen LogP contribution in [0.3, 0.4) is 0 Å². The van der Waals surface area contributed by atoms with Crippen LogP contribution in [0.15, 0.2) is 6.07 Å². The molecule has 1 saturated heterocycles. The van der Waals surface area contributed by atoms with Crippen molar-refractivity contribution in [1.82, 2.24) is 14.9 Å². The van der Waals surface area contributed by atoms with Crippen LogP contribution >= 0.6 is 0 Å². The molecule has 5 heteroatoms. The normalized spacial score (nSPS) is 17.6. The fraction of sp³-hybridized carbons (Fsp3) is 0.714. The Kier molecular flexibility index (Phi) is 4.96. The SMILES string of the molecule is CCCc1nc(N)cc(NCC(C)N2CCCC2)n1. The zero-order valence-corrected chi connectivity index (χ0v) is 12.0. The highest BCUT2D eigenvalue weighted by Crippen LogP contribution is 2.13. The zero-order chi connectivity index (χ0) is 13.7. The summed E-state index contributed by atoms with van der Waals surface area (Å²) in [5, 5.41) is 3.39. The van der Waals surface area contributed by atoms with Crippen LogP contribution in [0.25, 0.3) is 0 Å². The van der Waals surface area contributed by atoms with Crippen molar-refractivity contribution >= 4 is 11.6 Å². The summed E-state index contributed by atoms with van der Waals surface area (Å²) in [6.07, 6.45) is 4.56. The predicted octanol–water partition coefficient (Wildman–Crippen LogP) is 1.91. The summed E-state index contributed by atoms with van der Waals surface area (Å²) >= 11 is 0. The summed E-state index contributed by atoms with van der Waals surface area (Å²) in [4.78, 5) is 11.3. The van der Waals surface area contributed by atoms with Gasteiger partial charge in [0.15, 0.2) is 0 Å². The van der Waals surface area contributed by atoms with Gasteiger partial charge in [-0.05, 0) is 39.3 Å². The molecule has 5 nitrogen and oxygen atoms in total. The fourth-order valence-electron chi connectivity index (χ4n) is 2.51. The summed E-state index contributed by atoms with van der Waals surface area (Å²) in [6, 6.07) is 2.35. The van der Waals surface area contributed by atoms with Crippen LogP contribution in [-0.4, -0.2) is 40.5 Å². The largest absolute Gasteiger partial charge is 0.384 e. The number of likely N-dealkylation sites (tertiary alicyclic amines) is 1. The maximum Gasteiger partial charge on any atom is 0.133 e. The van der Waals surface area contributed by atoms with Gasteiger partial charge in [-0.1, -0.05) is 6.92 Å². The van der Waals surface area contributed by atoms with E-state index in [1.165, 1.54) is 25.9 Å². The smallest absolute Gasteiger partial charge is 0.133 e. The van der Waals surface area contributed by atoms with E-state index in [9.17, 15) is 0 Å². The first-order valence-corrected chi connectivity index (χ1v) is 7.30. The number of hydrogen-bond donors (Lipinski definition) is 2. The van der Waals surface area contributed by atoms with Gasteiger partial charge in [-0.25, -0.2) is 9.97 Å². The Balaban J connectivity index is 1.90. The van der Waals surface area contributed by atoms with Gasteiger partial charge < -0.3 is 11.1 Å².